The van der Waals surface area contributed by atoms with Gasteiger partial charge in [-0.15, -0.1) is 11.3 Å². The van der Waals surface area contributed by atoms with E-state index in [0.717, 1.165) is 22.6 Å². The molecule has 0 radical (unpaired) electrons. The molecule has 0 fully saturated rings. The number of rotatable bonds is 6. The minimum absolute atomic E-state index is 0.314. The van der Waals surface area contributed by atoms with Crippen LogP contribution in [0.3, 0.4) is 0 Å². The first-order valence-corrected chi connectivity index (χ1v) is 7.52. The zero-order valence-electron chi connectivity index (χ0n) is 12.3. The summed E-state index contributed by atoms with van der Waals surface area (Å²) in [5, 5.41) is 6.59. The SMILES string of the molecule is CC(C)C(CN(C)C)Nc1nc(NN)nc2sccc12. The van der Waals surface area contributed by atoms with Crippen molar-refractivity contribution in [2.24, 2.45) is 11.8 Å². The Balaban J connectivity index is 2.32. The van der Waals surface area contributed by atoms with Crippen LogP contribution < -0.4 is 16.6 Å². The van der Waals surface area contributed by atoms with Crippen molar-refractivity contribution < 1.29 is 0 Å². The van der Waals surface area contributed by atoms with Gasteiger partial charge in [-0.05, 0) is 31.5 Å². The fourth-order valence-corrected chi connectivity index (χ4v) is 2.79. The predicted octanol–water partition coefficient (Wildman–Crippen LogP) is 1.97. The van der Waals surface area contributed by atoms with Crippen molar-refractivity contribution in [3.63, 3.8) is 0 Å². The van der Waals surface area contributed by atoms with Crippen LogP contribution in [0.25, 0.3) is 10.2 Å². The smallest absolute Gasteiger partial charge is 0.240 e. The molecule has 0 saturated carbocycles. The molecule has 0 bridgehead atoms. The van der Waals surface area contributed by atoms with Gasteiger partial charge >= 0.3 is 0 Å². The molecule has 0 aliphatic heterocycles. The first-order valence-electron chi connectivity index (χ1n) is 6.64. The Bertz CT molecular complexity index is 565. The normalized spacial score (nSPS) is 13.2. The van der Waals surface area contributed by atoms with Crippen molar-refractivity contribution in [3.05, 3.63) is 11.4 Å². The summed E-state index contributed by atoms with van der Waals surface area (Å²) in [5.41, 5.74) is 2.53. The minimum Gasteiger partial charge on any atom is -0.365 e. The first-order chi connectivity index (χ1) is 9.51. The average Bonchev–Trinajstić information content (AvgIpc) is 2.85. The quantitative estimate of drug-likeness (QED) is 0.558. The van der Waals surface area contributed by atoms with Gasteiger partial charge in [0, 0.05) is 12.6 Å². The van der Waals surface area contributed by atoms with Crippen molar-refractivity contribution in [3.8, 4) is 0 Å². The molecule has 2 aromatic heterocycles. The van der Waals surface area contributed by atoms with Crippen molar-refractivity contribution in [2.75, 3.05) is 31.4 Å². The molecular formula is C13H22N6S. The monoisotopic (exact) mass is 294 g/mol. The lowest BCUT2D eigenvalue weighted by Gasteiger charge is -2.26. The third-order valence-electron chi connectivity index (χ3n) is 3.14. The molecule has 0 spiro atoms. The molecule has 0 aliphatic carbocycles. The van der Waals surface area contributed by atoms with Gasteiger partial charge in [-0.1, -0.05) is 13.8 Å². The van der Waals surface area contributed by atoms with Crippen LogP contribution in [0.4, 0.5) is 11.8 Å². The number of hydrogen-bond acceptors (Lipinski definition) is 7. The molecule has 2 aromatic rings. The molecule has 1 atom stereocenters. The number of thiophene rings is 1. The summed E-state index contributed by atoms with van der Waals surface area (Å²) in [6, 6.07) is 2.35. The predicted molar refractivity (Wildman–Crippen MR) is 86.0 cm³/mol. The van der Waals surface area contributed by atoms with E-state index in [1.165, 1.54) is 0 Å². The van der Waals surface area contributed by atoms with E-state index < -0.39 is 0 Å². The third kappa shape index (κ3) is 3.36. The van der Waals surface area contributed by atoms with Gasteiger partial charge in [-0.3, -0.25) is 5.43 Å². The highest BCUT2D eigenvalue weighted by atomic mass is 32.1. The number of nitrogens with two attached hydrogens (primary N) is 1. The average molecular weight is 294 g/mol. The summed E-state index contributed by atoms with van der Waals surface area (Å²) in [6.45, 7) is 5.35. The molecule has 110 valence electrons. The molecule has 2 heterocycles. The van der Waals surface area contributed by atoms with Crippen LogP contribution >= 0.6 is 11.3 Å². The highest BCUT2D eigenvalue weighted by molar-refractivity contribution is 7.16. The van der Waals surface area contributed by atoms with Crippen LogP contribution in [0.15, 0.2) is 11.4 Å². The van der Waals surface area contributed by atoms with Crippen LogP contribution in [0.2, 0.25) is 0 Å². The van der Waals surface area contributed by atoms with Crippen LogP contribution in [-0.2, 0) is 0 Å². The maximum atomic E-state index is 5.44. The molecule has 2 rings (SSSR count). The van der Waals surface area contributed by atoms with Crippen LogP contribution in [0.5, 0.6) is 0 Å². The fourth-order valence-electron chi connectivity index (χ4n) is 2.02. The van der Waals surface area contributed by atoms with Crippen LogP contribution in [0.1, 0.15) is 13.8 Å². The third-order valence-corrected chi connectivity index (χ3v) is 3.95. The standard InChI is InChI=1S/C13H22N6S/c1-8(2)10(7-19(3)4)15-11-9-5-6-20-12(9)17-13(16-11)18-14/h5-6,8,10H,7,14H2,1-4H3,(H2,15,16,17,18). The number of nitrogens with one attached hydrogen (secondary N) is 2. The Labute approximate surface area is 123 Å². The van der Waals surface area contributed by atoms with E-state index in [-0.39, 0.29) is 0 Å². The molecule has 1 unspecified atom stereocenters. The minimum atomic E-state index is 0.314. The summed E-state index contributed by atoms with van der Waals surface area (Å²) in [4.78, 5) is 11.9. The van der Waals surface area contributed by atoms with E-state index in [1.54, 1.807) is 11.3 Å². The molecule has 4 N–H and O–H groups in total. The molecule has 0 aliphatic rings. The number of hydrogen-bond donors (Lipinski definition) is 3. The molecule has 20 heavy (non-hydrogen) atoms. The number of aromatic nitrogens is 2. The molecule has 0 saturated heterocycles. The lowest BCUT2D eigenvalue weighted by Crippen LogP contribution is -2.36. The van der Waals surface area contributed by atoms with Gasteiger partial charge in [0.1, 0.15) is 10.6 Å². The van der Waals surface area contributed by atoms with E-state index in [9.17, 15) is 0 Å². The summed E-state index contributed by atoms with van der Waals surface area (Å²) < 4.78 is 0. The van der Waals surface area contributed by atoms with Crippen LogP contribution in [-0.4, -0.2) is 41.5 Å². The maximum Gasteiger partial charge on any atom is 0.240 e. The van der Waals surface area contributed by atoms with E-state index >= 15 is 0 Å². The van der Waals surface area contributed by atoms with E-state index in [0.29, 0.717) is 17.9 Å². The second-order valence-corrected chi connectivity index (χ2v) is 6.33. The van der Waals surface area contributed by atoms with Crippen molar-refractivity contribution in [1.29, 1.82) is 0 Å². The fraction of sp³-hybridized carbons (Fsp3) is 0.538. The summed E-state index contributed by atoms with van der Waals surface area (Å²) >= 11 is 1.58. The first kappa shape index (κ1) is 15.0. The highest BCUT2D eigenvalue weighted by Gasteiger charge is 2.17. The Morgan fingerprint density at radius 2 is 2.10 bits per heavy atom. The second kappa shape index (κ2) is 6.34. The van der Waals surface area contributed by atoms with E-state index in [2.05, 4.69) is 53.6 Å². The number of nitrogens with zero attached hydrogens (tertiary/aromatic N) is 3. The van der Waals surface area contributed by atoms with E-state index in [4.69, 9.17) is 5.84 Å². The Morgan fingerprint density at radius 3 is 2.70 bits per heavy atom. The molecular weight excluding hydrogens is 272 g/mol. The van der Waals surface area contributed by atoms with Gasteiger partial charge in [0.05, 0.1) is 5.39 Å². The topological polar surface area (TPSA) is 79.1 Å². The van der Waals surface area contributed by atoms with Crippen LogP contribution in [0, 0.1) is 5.92 Å². The molecule has 0 aromatic carbocycles. The van der Waals surface area contributed by atoms with E-state index in [1.807, 2.05) is 11.4 Å². The summed E-state index contributed by atoms with van der Waals surface area (Å²) in [6.07, 6.45) is 0. The molecule has 7 heteroatoms. The number of likely N-dealkylation sites (N-methyl/N-ethyl adjacent to an activating group) is 1. The Morgan fingerprint density at radius 1 is 1.35 bits per heavy atom. The second-order valence-electron chi connectivity index (χ2n) is 5.44. The summed E-state index contributed by atoms with van der Waals surface area (Å²) in [5.74, 6) is 7.22. The van der Waals surface area contributed by atoms with Crippen molar-refractivity contribution >= 4 is 33.3 Å². The molecule has 6 nitrogen and oxygen atoms in total. The van der Waals surface area contributed by atoms with Gasteiger partial charge in [0.2, 0.25) is 5.95 Å². The zero-order valence-corrected chi connectivity index (χ0v) is 13.2. The Hall–Kier alpha value is -1.44. The van der Waals surface area contributed by atoms with Gasteiger partial charge in [0.15, 0.2) is 0 Å². The lowest BCUT2D eigenvalue weighted by molar-refractivity contribution is 0.344. The maximum absolute atomic E-state index is 5.44. The number of anilines is 2. The van der Waals surface area contributed by atoms with Gasteiger partial charge < -0.3 is 10.2 Å². The zero-order chi connectivity index (χ0) is 14.7. The van der Waals surface area contributed by atoms with Crippen molar-refractivity contribution in [1.82, 2.24) is 14.9 Å². The Kier molecular flexibility index (Phi) is 4.74. The summed E-state index contributed by atoms with van der Waals surface area (Å²) in [7, 11) is 4.15. The van der Waals surface area contributed by atoms with Gasteiger partial charge in [-0.25, -0.2) is 10.8 Å². The van der Waals surface area contributed by atoms with Gasteiger partial charge in [0.25, 0.3) is 0 Å². The van der Waals surface area contributed by atoms with Crippen molar-refractivity contribution in [2.45, 2.75) is 19.9 Å². The number of nitrogen functional groups attached to an aromatic ring is 1. The lowest BCUT2D eigenvalue weighted by atomic mass is 10.0. The highest BCUT2D eigenvalue weighted by Crippen LogP contribution is 2.27. The van der Waals surface area contributed by atoms with Gasteiger partial charge in [-0.2, -0.15) is 4.98 Å². The largest absolute Gasteiger partial charge is 0.365 e. The number of hydrazine groups is 1. The number of fused-ring (bicyclic) bond motifs is 1. The molecule has 0 amide bonds.